The topological polar surface area (TPSA) is 59.6 Å². The van der Waals surface area contributed by atoms with Crippen LogP contribution in [0.25, 0.3) is 0 Å². The third-order valence-corrected chi connectivity index (χ3v) is 3.61. The van der Waals surface area contributed by atoms with E-state index in [1.165, 1.54) is 6.07 Å². The maximum atomic E-state index is 13.2. The van der Waals surface area contributed by atoms with E-state index in [-0.39, 0.29) is 11.8 Å². The molecule has 25 heavy (non-hydrogen) atoms. The number of rotatable bonds is 8. The van der Waals surface area contributed by atoms with Crippen molar-refractivity contribution >= 4 is 6.03 Å². The summed E-state index contributed by atoms with van der Waals surface area (Å²) in [5, 5.41) is 5.53. The zero-order valence-corrected chi connectivity index (χ0v) is 14.5. The first kappa shape index (κ1) is 18.7. The number of hydrogen-bond acceptors (Lipinski definition) is 3. The molecule has 0 atom stereocenters. The van der Waals surface area contributed by atoms with Crippen LogP contribution in [0.15, 0.2) is 42.5 Å². The fourth-order valence-corrected chi connectivity index (χ4v) is 2.19. The highest BCUT2D eigenvalue weighted by Crippen LogP contribution is 2.12. The van der Waals surface area contributed by atoms with Gasteiger partial charge in [0.2, 0.25) is 0 Å². The van der Waals surface area contributed by atoms with Crippen molar-refractivity contribution in [2.75, 3.05) is 20.3 Å². The van der Waals surface area contributed by atoms with Gasteiger partial charge in [-0.15, -0.1) is 0 Å². The molecule has 6 heteroatoms. The van der Waals surface area contributed by atoms with Gasteiger partial charge in [0.05, 0.1) is 6.61 Å². The lowest BCUT2D eigenvalue weighted by molar-refractivity contribution is 0.146. The molecule has 0 aliphatic carbocycles. The first-order chi connectivity index (χ1) is 12.1. The summed E-state index contributed by atoms with van der Waals surface area (Å²) >= 11 is 0. The standard InChI is InChI=1S/C19H23FN2O3/c1-14-11-16(5-8-18(14)20)13-22-19(23)21-12-15-3-6-17(7-4-15)25-10-9-24-2/h3-8,11H,9-10,12-13H2,1-2H3,(H2,21,22,23). The van der Waals surface area contributed by atoms with Crippen LogP contribution in [0.3, 0.4) is 0 Å². The van der Waals surface area contributed by atoms with Crippen LogP contribution in [-0.2, 0) is 17.8 Å². The Balaban J connectivity index is 1.73. The van der Waals surface area contributed by atoms with E-state index >= 15 is 0 Å². The Morgan fingerprint density at radius 3 is 2.28 bits per heavy atom. The van der Waals surface area contributed by atoms with Crippen LogP contribution in [0, 0.1) is 12.7 Å². The first-order valence-corrected chi connectivity index (χ1v) is 8.06. The second kappa shape index (κ2) is 9.64. The summed E-state index contributed by atoms with van der Waals surface area (Å²) in [5.74, 6) is 0.514. The van der Waals surface area contributed by atoms with E-state index in [0.717, 1.165) is 16.9 Å². The van der Waals surface area contributed by atoms with Crippen molar-refractivity contribution in [1.82, 2.24) is 10.6 Å². The third-order valence-electron chi connectivity index (χ3n) is 3.61. The summed E-state index contributed by atoms with van der Waals surface area (Å²) in [6.07, 6.45) is 0. The van der Waals surface area contributed by atoms with Gasteiger partial charge in [0, 0.05) is 20.2 Å². The van der Waals surface area contributed by atoms with Crippen molar-refractivity contribution in [3.63, 3.8) is 0 Å². The molecule has 0 unspecified atom stereocenters. The molecule has 0 aliphatic rings. The molecule has 0 fully saturated rings. The van der Waals surface area contributed by atoms with Crippen LogP contribution >= 0.6 is 0 Å². The lowest BCUT2D eigenvalue weighted by Gasteiger charge is -2.09. The van der Waals surface area contributed by atoms with E-state index in [1.54, 1.807) is 26.2 Å². The fraction of sp³-hybridized carbons (Fsp3) is 0.316. The molecule has 2 rings (SSSR count). The number of aryl methyl sites for hydroxylation is 1. The number of amides is 2. The summed E-state index contributed by atoms with van der Waals surface area (Å²) in [7, 11) is 1.63. The number of carbonyl (C=O) groups is 1. The van der Waals surface area contributed by atoms with Crippen molar-refractivity contribution in [3.8, 4) is 5.75 Å². The van der Waals surface area contributed by atoms with E-state index < -0.39 is 0 Å². The largest absolute Gasteiger partial charge is 0.491 e. The molecule has 0 saturated heterocycles. The van der Waals surface area contributed by atoms with Gasteiger partial charge >= 0.3 is 6.03 Å². The Labute approximate surface area is 147 Å². The summed E-state index contributed by atoms with van der Waals surface area (Å²) < 4.78 is 23.6. The SMILES string of the molecule is COCCOc1ccc(CNC(=O)NCc2ccc(F)c(C)c2)cc1. The highest BCUT2D eigenvalue weighted by atomic mass is 19.1. The average molecular weight is 346 g/mol. The van der Waals surface area contributed by atoms with Crippen LogP contribution < -0.4 is 15.4 Å². The minimum Gasteiger partial charge on any atom is -0.491 e. The number of halogens is 1. The van der Waals surface area contributed by atoms with Gasteiger partial charge < -0.3 is 20.1 Å². The predicted octanol–water partition coefficient (Wildman–Crippen LogP) is 3.16. The Kier molecular flexibility index (Phi) is 7.22. The first-order valence-electron chi connectivity index (χ1n) is 8.06. The lowest BCUT2D eigenvalue weighted by atomic mass is 10.1. The van der Waals surface area contributed by atoms with Crippen molar-refractivity contribution in [2.24, 2.45) is 0 Å². The summed E-state index contributed by atoms with van der Waals surface area (Å²) in [4.78, 5) is 11.8. The Morgan fingerprint density at radius 2 is 1.64 bits per heavy atom. The zero-order valence-electron chi connectivity index (χ0n) is 14.5. The monoisotopic (exact) mass is 346 g/mol. The van der Waals surface area contributed by atoms with E-state index in [1.807, 2.05) is 24.3 Å². The molecule has 2 amide bonds. The molecule has 0 aliphatic heterocycles. The number of benzene rings is 2. The minimum absolute atomic E-state index is 0.247. The van der Waals surface area contributed by atoms with E-state index in [4.69, 9.17) is 9.47 Å². The van der Waals surface area contributed by atoms with Crippen LogP contribution in [-0.4, -0.2) is 26.4 Å². The van der Waals surface area contributed by atoms with Gasteiger partial charge in [-0.05, 0) is 41.8 Å². The van der Waals surface area contributed by atoms with Gasteiger partial charge in [-0.3, -0.25) is 0 Å². The van der Waals surface area contributed by atoms with E-state index in [9.17, 15) is 9.18 Å². The second-order valence-corrected chi connectivity index (χ2v) is 5.60. The number of carbonyl (C=O) groups excluding carboxylic acids is 1. The second-order valence-electron chi connectivity index (χ2n) is 5.60. The number of nitrogens with one attached hydrogen (secondary N) is 2. The molecule has 5 nitrogen and oxygen atoms in total. The molecular weight excluding hydrogens is 323 g/mol. The molecule has 0 saturated carbocycles. The van der Waals surface area contributed by atoms with Crippen LogP contribution in [0.2, 0.25) is 0 Å². The van der Waals surface area contributed by atoms with Gasteiger partial charge in [-0.1, -0.05) is 24.3 Å². The zero-order chi connectivity index (χ0) is 18.1. The number of hydrogen-bond donors (Lipinski definition) is 2. The highest BCUT2D eigenvalue weighted by Gasteiger charge is 2.03. The van der Waals surface area contributed by atoms with Crippen molar-refractivity contribution < 1.29 is 18.7 Å². The summed E-state index contributed by atoms with van der Waals surface area (Å²) in [6.45, 7) is 3.49. The molecule has 134 valence electrons. The third kappa shape index (κ3) is 6.43. The molecule has 2 aromatic carbocycles. The fourth-order valence-electron chi connectivity index (χ4n) is 2.19. The molecule has 0 spiro atoms. The van der Waals surface area contributed by atoms with Crippen molar-refractivity contribution in [1.29, 1.82) is 0 Å². The quantitative estimate of drug-likeness (QED) is 0.722. The molecule has 2 aromatic rings. The average Bonchev–Trinajstić information content (AvgIpc) is 2.62. The highest BCUT2D eigenvalue weighted by molar-refractivity contribution is 5.73. The van der Waals surface area contributed by atoms with Crippen LogP contribution in [0.4, 0.5) is 9.18 Å². The number of urea groups is 1. The minimum atomic E-state index is -0.276. The summed E-state index contributed by atoms with van der Waals surface area (Å²) in [5.41, 5.74) is 2.38. The van der Waals surface area contributed by atoms with Gasteiger partial charge in [-0.25, -0.2) is 9.18 Å². The number of ether oxygens (including phenoxy) is 2. The molecule has 0 radical (unpaired) electrons. The van der Waals surface area contributed by atoms with Crippen LogP contribution in [0.5, 0.6) is 5.75 Å². The molecule has 0 heterocycles. The Morgan fingerprint density at radius 1 is 1.00 bits per heavy atom. The maximum absolute atomic E-state index is 13.2. The predicted molar refractivity (Wildman–Crippen MR) is 94.0 cm³/mol. The Hall–Kier alpha value is -2.60. The van der Waals surface area contributed by atoms with Crippen LogP contribution in [0.1, 0.15) is 16.7 Å². The van der Waals surface area contributed by atoms with Gasteiger partial charge in [0.1, 0.15) is 18.2 Å². The van der Waals surface area contributed by atoms with Gasteiger partial charge in [0.15, 0.2) is 0 Å². The smallest absolute Gasteiger partial charge is 0.315 e. The Bertz CT molecular complexity index is 690. The van der Waals surface area contributed by atoms with E-state index in [2.05, 4.69) is 10.6 Å². The lowest BCUT2D eigenvalue weighted by Crippen LogP contribution is -2.34. The molecular formula is C19H23FN2O3. The van der Waals surface area contributed by atoms with Crippen molar-refractivity contribution in [2.45, 2.75) is 20.0 Å². The van der Waals surface area contributed by atoms with Gasteiger partial charge in [0.25, 0.3) is 0 Å². The summed E-state index contributed by atoms with van der Waals surface area (Å²) in [6, 6.07) is 12.0. The number of methoxy groups -OCH3 is 1. The van der Waals surface area contributed by atoms with Crippen molar-refractivity contribution in [3.05, 3.63) is 65.0 Å². The van der Waals surface area contributed by atoms with Gasteiger partial charge in [-0.2, -0.15) is 0 Å². The maximum Gasteiger partial charge on any atom is 0.315 e. The normalized spacial score (nSPS) is 10.4. The molecule has 0 bridgehead atoms. The van der Waals surface area contributed by atoms with E-state index in [0.29, 0.717) is 31.9 Å². The molecule has 2 N–H and O–H groups in total. The molecule has 0 aromatic heterocycles.